The summed E-state index contributed by atoms with van der Waals surface area (Å²) in [5, 5.41) is 0. The van der Waals surface area contributed by atoms with Crippen molar-refractivity contribution in [3.63, 3.8) is 0 Å². The summed E-state index contributed by atoms with van der Waals surface area (Å²) in [5.41, 5.74) is 9.44. The van der Waals surface area contributed by atoms with E-state index in [0.29, 0.717) is 5.41 Å². The average molecular weight is 351 g/mol. The van der Waals surface area contributed by atoms with Crippen LogP contribution in [0, 0.1) is 5.41 Å². The number of nitrogens with two attached hydrogens (primary N) is 1. The van der Waals surface area contributed by atoms with Crippen LogP contribution < -0.4 is 10.6 Å². The number of benzene rings is 1. The quantitative estimate of drug-likeness (QED) is 0.811. The lowest BCUT2D eigenvalue weighted by Gasteiger charge is -2.45. The third kappa shape index (κ3) is 3.29. The highest BCUT2D eigenvalue weighted by Gasteiger charge is 2.35. The molecule has 1 unspecified atom stereocenters. The molecule has 0 amide bonds. The van der Waals surface area contributed by atoms with Crippen molar-refractivity contribution < 1.29 is 0 Å². The minimum Gasteiger partial charge on any atom is -0.371 e. The van der Waals surface area contributed by atoms with Gasteiger partial charge in [-0.15, -0.1) is 0 Å². The first-order valence-corrected chi connectivity index (χ1v) is 9.19. The van der Waals surface area contributed by atoms with Crippen molar-refractivity contribution in [3.8, 4) is 0 Å². The van der Waals surface area contributed by atoms with Crippen molar-refractivity contribution >= 4 is 21.6 Å². The first-order chi connectivity index (χ1) is 10.1. The number of anilines is 1. The minimum absolute atomic E-state index is 0.0960. The SMILES string of the molecule is CC(N)c1ccc(Br)cc1N1CCC2(CCCCC2)CC1. The largest absolute Gasteiger partial charge is 0.371 e. The van der Waals surface area contributed by atoms with Gasteiger partial charge in [0.15, 0.2) is 0 Å². The molecule has 1 spiro atoms. The van der Waals surface area contributed by atoms with Crippen molar-refractivity contribution in [2.24, 2.45) is 11.1 Å². The van der Waals surface area contributed by atoms with Crippen molar-refractivity contribution in [1.29, 1.82) is 0 Å². The van der Waals surface area contributed by atoms with Crippen LogP contribution in [0.1, 0.15) is 63.5 Å². The Labute approximate surface area is 137 Å². The molecule has 116 valence electrons. The van der Waals surface area contributed by atoms with E-state index in [1.54, 1.807) is 0 Å². The number of halogens is 1. The monoisotopic (exact) mass is 350 g/mol. The molecule has 2 N–H and O–H groups in total. The third-order valence-electron chi connectivity index (χ3n) is 5.56. The molecule has 1 aromatic carbocycles. The van der Waals surface area contributed by atoms with E-state index in [1.807, 2.05) is 0 Å². The fourth-order valence-electron chi connectivity index (χ4n) is 4.20. The Morgan fingerprint density at radius 3 is 2.38 bits per heavy atom. The molecule has 1 aliphatic heterocycles. The van der Waals surface area contributed by atoms with Crippen LogP contribution in [0.5, 0.6) is 0 Å². The minimum atomic E-state index is 0.0960. The Kier molecular flexibility index (Phi) is 4.60. The highest BCUT2D eigenvalue weighted by Crippen LogP contribution is 2.45. The van der Waals surface area contributed by atoms with Gasteiger partial charge in [-0.2, -0.15) is 0 Å². The van der Waals surface area contributed by atoms with Crippen LogP contribution >= 0.6 is 15.9 Å². The van der Waals surface area contributed by atoms with Gasteiger partial charge in [0.2, 0.25) is 0 Å². The maximum atomic E-state index is 6.17. The van der Waals surface area contributed by atoms with Gasteiger partial charge in [-0.3, -0.25) is 0 Å². The summed E-state index contributed by atoms with van der Waals surface area (Å²) in [6.45, 7) is 4.46. The van der Waals surface area contributed by atoms with Crippen molar-refractivity contribution in [2.75, 3.05) is 18.0 Å². The van der Waals surface area contributed by atoms with E-state index in [9.17, 15) is 0 Å². The molecule has 1 aromatic rings. The molecule has 3 heteroatoms. The maximum absolute atomic E-state index is 6.17. The average Bonchev–Trinajstić information content (AvgIpc) is 2.48. The highest BCUT2D eigenvalue weighted by atomic mass is 79.9. The van der Waals surface area contributed by atoms with Crippen molar-refractivity contribution in [3.05, 3.63) is 28.2 Å². The molecule has 1 saturated carbocycles. The molecule has 2 nitrogen and oxygen atoms in total. The Morgan fingerprint density at radius 2 is 1.76 bits per heavy atom. The van der Waals surface area contributed by atoms with Gasteiger partial charge < -0.3 is 10.6 Å². The van der Waals surface area contributed by atoms with Gasteiger partial charge in [0.05, 0.1) is 0 Å². The molecule has 0 bridgehead atoms. The molecule has 2 aliphatic rings. The summed E-state index contributed by atoms with van der Waals surface area (Å²) >= 11 is 3.61. The Balaban J connectivity index is 1.76. The number of piperidine rings is 1. The highest BCUT2D eigenvalue weighted by molar-refractivity contribution is 9.10. The lowest BCUT2D eigenvalue weighted by Crippen LogP contribution is -2.41. The van der Waals surface area contributed by atoms with Crippen LogP contribution in [-0.2, 0) is 0 Å². The second-order valence-corrected chi connectivity index (χ2v) is 7.96. The lowest BCUT2D eigenvalue weighted by atomic mass is 9.68. The molecule has 1 aliphatic carbocycles. The van der Waals surface area contributed by atoms with Crippen LogP contribution in [0.4, 0.5) is 5.69 Å². The van der Waals surface area contributed by atoms with E-state index in [0.717, 1.165) is 4.47 Å². The fraction of sp³-hybridized carbons (Fsp3) is 0.667. The van der Waals surface area contributed by atoms with Crippen LogP contribution in [0.3, 0.4) is 0 Å². The zero-order chi connectivity index (χ0) is 14.9. The summed E-state index contributed by atoms with van der Waals surface area (Å²) in [7, 11) is 0. The Bertz CT molecular complexity index is 482. The topological polar surface area (TPSA) is 29.3 Å². The predicted molar refractivity (Wildman–Crippen MR) is 93.7 cm³/mol. The zero-order valence-corrected chi connectivity index (χ0v) is 14.7. The number of hydrogen-bond donors (Lipinski definition) is 1. The molecule has 3 rings (SSSR count). The van der Waals surface area contributed by atoms with Gasteiger partial charge in [0.1, 0.15) is 0 Å². The molecular weight excluding hydrogens is 324 g/mol. The number of nitrogens with zero attached hydrogens (tertiary/aromatic N) is 1. The maximum Gasteiger partial charge on any atom is 0.0425 e. The molecule has 1 saturated heterocycles. The molecule has 1 atom stereocenters. The smallest absolute Gasteiger partial charge is 0.0425 e. The summed E-state index contributed by atoms with van der Waals surface area (Å²) in [6.07, 6.45) is 9.98. The van der Waals surface area contributed by atoms with Crippen molar-refractivity contribution in [1.82, 2.24) is 0 Å². The van der Waals surface area contributed by atoms with Gasteiger partial charge in [0.25, 0.3) is 0 Å². The van der Waals surface area contributed by atoms with Gasteiger partial charge in [0, 0.05) is 29.3 Å². The third-order valence-corrected chi connectivity index (χ3v) is 6.06. The standard InChI is InChI=1S/C18H27BrN2/c1-14(20)16-6-5-15(19)13-17(16)21-11-9-18(10-12-21)7-3-2-4-8-18/h5-6,13-14H,2-4,7-12,20H2,1H3. The predicted octanol–water partition coefficient (Wildman–Crippen LogP) is 5.02. The summed E-state index contributed by atoms with van der Waals surface area (Å²) < 4.78 is 1.15. The van der Waals surface area contributed by atoms with Crippen LogP contribution in [0.15, 0.2) is 22.7 Å². The first-order valence-electron chi connectivity index (χ1n) is 8.40. The summed E-state index contributed by atoms with van der Waals surface area (Å²) in [6, 6.07) is 6.63. The van der Waals surface area contributed by atoms with E-state index in [2.05, 4.69) is 46.0 Å². The molecule has 1 heterocycles. The second kappa shape index (κ2) is 6.29. The summed E-state index contributed by atoms with van der Waals surface area (Å²) in [4.78, 5) is 2.56. The normalized spacial score (nSPS) is 23.3. The van der Waals surface area contributed by atoms with E-state index < -0.39 is 0 Å². The van der Waals surface area contributed by atoms with Gasteiger partial charge >= 0.3 is 0 Å². The molecule has 2 fully saturated rings. The van der Waals surface area contributed by atoms with Crippen LogP contribution in [0.25, 0.3) is 0 Å². The van der Waals surface area contributed by atoms with E-state index in [-0.39, 0.29) is 6.04 Å². The van der Waals surface area contributed by atoms with E-state index >= 15 is 0 Å². The van der Waals surface area contributed by atoms with Gasteiger partial charge in [-0.25, -0.2) is 0 Å². The second-order valence-electron chi connectivity index (χ2n) is 7.04. The first kappa shape index (κ1) is 15.4. The molecular formula is C18H27BrN2. The van der Waals surface area contributed by atoms with E-state index in [4.69, 9.17) is 5.73 Å². The number of rotatable bonds is 2. The Hall–Kier alpha value is -0.540. The van der Waals surface area contributed by atoms with Crippen LogP contribution in [0.2, 0.25) is 0 Å². The molecule has 21 heavy (non-hydrogen) atoms. The lowest BCUT2D eigenvalue weighted by molar-refractivity contribution is 0.144. The van der Waals surface area contributed by atoms with Gasteiger partial charge in [-0.05, 0) is 55.7 Å². The zero-order valence-electron chi connectivity index (χ0n) is 13.1. The summed E-state index contributed by atoms with van der Waals surface area (Å²) in [5.74, 6) is 0. The van der Waals surface area contributed by atoms with Crippen LogP contribution in [-0.4, -0.2) is 13.1 Å². The number of hydrogen-bond acceptors (Lipinski definition) is 2. The molecule has 0 aromatic heterocycles. The van der Waals surface area contributed by atoms with E-state index in [1.165, 1.54) is 69.3 Å². The Morgan fingerprint density at radius 1 is 1.10 bits per heavy atom. The fourth-order valence-corrected chi connectivity index (χ4v) is 4.55. The van der Waals surface area contributed by atoms with Crippen molar-refractivity contribution in [2.45, 2.75) is 57.9 Å². The molecule has 0 radical (unpaired) electrons. The van der Waals surface area contributed by atoms with Gasteiger partial charge in [-0.1, -0.05) is 41.3 Å².